The van der Waals surface area contributed by atoms with Crippen LogP contribution in [-0.2, 0) is 28.9 Å². The highest BCUT2D eigenvalue weighted by Crippen LogP contribution is 2.29. The van der Waals surface area contributed by atoms with Crippen LogP contribution in [0.5, 0.6) is 0 Å². The molecule has 1 aromatic rings. The van der Waals surface area contributed by atoms with Gasteiger partial charge in [0.15, 0.2) is 0 Å². The molecule has 1 aliphatic heterocycles. The Bertz CT molecular complexity index is 635. The zero-order valence-corrected chi connectivity index (χ0v) is 14.2. The Kier molecular flexibility index (Phi) is 4.54. The van der Waals surface area contributed by atoms with Gasteiger partial charge in [0.25, 0.3) is 0 Å². The van der Waals surface area contributed by atoms with Crippen LogP contribution in [0.2, 0.25) is 5.02 Å². The van der Waals surface area contributed by atoms with E-state index in [0.717, 1.165) is 16.7 Å². The number of benzene rings is 1. The fourth-order valence-electron chi connectivity index (χ4n) is 2.10. The lowest BCUT2D eigenvalue weighted by molar-refractivity contribution is -0.129. The number of hydrogen-bond donors (Lipinski definition) is 0. The van der Waals surface area contributed by atoms with E-state index in [-0.39, 0.29) is 5.91 Å². The van der Waals surface area contributed by atoms with Crippen LogP contribution < -0.4 is 0 Å². The Hall–Kier alpha value is -1.20. The lowest BCUT2D eigenvalue weighted by Gasteiger charge is -2.13. The van der Waals surface area contributed by atoms with Gasteiger partial charge >= 0.3 is 0 Å². The first-order valence-electron chi connectivity index (χ1n) is 6.71. The third-order valence-electron chi connectivity index (χ3n) is 3.31. The van der Waals surface area contributed by atoms with E-state index in [2.05, 4.69) is 4.40 Å². The van der Waals surface area contributed by atoms with Crippen molar-refractivity contribution in [3.63, 3.8) is 0 Å². The van der Waals surface area contributed by atoms with Crippen molar-refractivity contribution in [3.8, 4) is 0 Å². The van der Waals surface area contributed by atoms with Gasteiger partial charge in [-0.1, -0.05) is 11.6 Å². The highest BCUT2D eigenvalue weighted by molar-refractivity contribution is 7.85. The Morgan fingerprint density at radius 1 is 1.38 bits per heavy atom. The predicted octanol–water partition coefficient (Wildman–Crippen LogP) is 3.08. The summed E-state index contributed by atoms with van der Waals surface area (Å²) in [5, 5.41) is 0.599. The summed E-state index contributed by atoms with van der Waals surface area (Å²) in [6.45, 7) is 8.29. The molecule has 1 amide bonds. The Morgan fingerprint density at radius 2 is 2.05 bits per heavy atom. The fourth-order valence-corrected chi connectivity index (χ4v) is 2.88. The molecule has 1 atom stereocenters. The quantitative estimate of drug-likeness (QED) is 0.784. The molecule has 0 saturated carbocycles. The van der Waals surface area contributed by atoms with Gasteiger partial charge in [0, 0.05) is 36.8 Å². The Labute approximate surface area is 132 Å². The third kappa shape index (κ3) is 3.71. The second-order valence-corrected chi connectivity index (χ2v) is 8.47. The summed E-state index contributed by atoms with van der Waals surface area (Å²) in [4.78, 5) is 13.3. The number of carbonyl (C=O) groups excluding carboxylic acids is 1. The van der Waals surface area contributed by atoms with Crippen molar-refractivity contribution in [1.29, 1.82) is 0 Å². The average Bonchev–Trinajstić information content (AvgIpc) is 2.78. The summed E-state index contributed by atoms with van der Waals surface area (Å²) in [6.07, 6.45) is 1.61. The van der Waals surface area contributed by atoms with Crippen LogP contribution in [0, 0.1) is 0 Å². The maximum absolute atomic E-state index is 12.0. The van der Waals surface area contributed by atoms with Crippen LogP contribution in [0.25, 0.3) is 0 Å². The van der Waals surface area contributed by atoms with E-state index >= 15 is 0 Å². The molecule has 0 bridgehead atoms. The zero-order chi connectivity index (χ0) is 15.8. The molecule has 1 aliphatic rings. The highest BCUT2D eigenvalue weighted by atomic mass is 35.5. The molecule has 0 saturated heterocycles. The van der Waals surface area contributed by atoms with Crippen molar-refractivity contribution >= 4 is 34.7 Å². The van der Waals surface area contributed by atoms with Crippen molar-refractivity contribution < 1.29 is 9.00 Å². The number of hydrogen-bond acceptors (Lipinski definition) is 2. The molecule has 0 fully saturated rings. The van der Waals surface area contributed by atoms with Gasteiger partial charge < -0.3 is 4.90 Å². The SMILES string of the molecule is CC(=O)N1Cc2cc(Cl)cc(C=NS(=O)C(C)(C)C)c2C1. The molecule has 4 nitrogen and oxygen atoms in total. The minimum Gasteiger partial charge on any atom is -0.334 e. The minimum atomic E-state index is -1.31. The first-order chi connectivity index (χ1) is 9.68. The molecule has 1 unspecified atom stereocenters. The third-order valence-corrected chi connectivity index (χ3v) is 4.87. The van der Waals surface area contributed by atoms with Gasteiger partial charge in [0.05, 0.1) is 4.75 Å². The zero-order valence-electron chi connectivity index (χ0n) is 12.6. The van der Waals surface area contributed by atoms with E-state index in [1.54, 1.807) is 24.1 Å². The van der Waals surface area contributed by atoms with Crippen molar-refractivity contribution in [3.05, 3.63) is 33.8 Å². The number of halogens is 1. The molecule has 0 aromatic heterocycles. The van der Waals surface area contributed by atoms with E-state index in [1.165, 1.54) is 0 Å². The van der Waals surface area contributed by atoms with E-state index in [4.69, 9.17) is 11.6 Å². The number of fused-ring (bicyclic) bond motifs is 1. The van der Waals surface area contributed by atoms with Gasteiger partial charge in [0.1, 0.15) is 11.0 Å². The van der Waals surface area contributed by atoms with Crippen LogP contribution in [0.4, 0.5) is 0 Å². The van der Waals surface area contributed by atoms with E-state index < -0.39 is 15.7 Å². The largest absolute Gasteiger partial charge is 0.334 e. The van der Waals surface area contributed by atoms with Crippen LogP contribution >= 0.6 is 11.6 Å². The minimum absolute atomic E-state index is 0.0310. The first kappa shape index (κ1) is 16.2. The van der Waals surface area contributed by atoms with Crippen LogP contribution in [0.15, 0.2) is 16.5 Å². The molecule has 0 aliphatic carbocycles. The summed E-state index contributed by atoms with van der Waals surface area (Å²) >= 11 is 6.12. The second-order valence-electron chi connectivity index (χ2n) is 6.10. The van der Waals surface area contributed by atoms with Crippen molar-refractivity contribution in [2.24, 2.45) is 4.40 Å². The van der Waals surface area contributed by atoms with Gasteiger partial charge in [-0.05, 0) is 44.0 Å². The molecule has 21 heavy (non-hydrogen) atoms. The molecule has 0 spiro atoms. The van der Waals surface area contributed by atoms with Gasteiger partial charge in [-0.3, -0.25) is 4.79 Å². The molecular formula is C15H19ClN2O2S. The van der Waals surface area contributed by atoms with Crippen molar-refractivity contribution in [1.82, 2.24) is 4.90 Å². The van der Waals surface area contributed by atoms with Crippen LogP contribution in [0.1, 0.15) is 44.4 Å². The van der Waals surface area contributed by atoms with Crippen molar-refractivity contribution in [2.75, 3.05) is 0 Å². The van der Waals surface area contributed by atoms with E-state index in [1.807, 2.05) is 26.8 Å². The van der Waals surface area contributed by atoms with E-state index in [0.29, 0.717) is 18.1 Å². The van der Waals surface area contributed by atoms with Gasteiger partial charge in [-0.2, -0.15) is 4.40 Å². The second kappa shape index (κ2) is 5.89. The van der Waals surface area contributed by atoms with Crippen LogP contribution in [0.3, 0.4) is 0 Å². The van der Waals surface area contributed by atoms with Gasteiger partial charge in [-0.25, -0.2) is 4.21 Å². The molecule has 0 N–H and O–H groups in total. The summed E-state index contributed by atoms with van der Waals surface area (Å²) in [6, 6.07) is 3.67. The van der Waals surface area contributed by atoms with Gasteiger partial charge in [0.2, 0.25) is 5.91 Å². The summed E-state index contributed by atoms with van der Waals surface area (Å²) in [5.41, 5.74) is 2.89. The molecule has 1 heterocycles. The van der Waals surface area contributed by atoms with Crippen molar-refractivity contribution in [2.45, 2.75) is 45.5 Å². The number of amides is 1. The molecule has 2 rings (SSSR count). The Morgan fingerprint density at radius 3 is 2.62 bits per heavy atom. The standard InChI is InChI=1S/C15H19ClN2O2S/c1-10(19)18-8-12-6-13(16)5-11(14(12)9-18)7-17-21(20)15(2,3)4/h5-7H,8-9H2,1-4H3. The monoisotopic (exact) mass is 326 g/mol. The van der Waals surface area contributed by atoms with Gasteiger partial charge in [-0.15, -0.1) is 0 Å². The summed E-state index contributed by atoms with van der Waals surface area (Å²) in [7, 11) is -1.31. The highest BCUT2D eigenvalue weighted by Gasteiger charge is 2.24. The van der Waals surface area contributed by atoms with Crippen LogP contribution in [-0.4, -0.2) is 26.0 Å². The van der Waals surface area contributed by atoms with E-state index in [9.17, 15) is 9.00 Å². The lowest BCUT2D eigenvalue weighted by Crippen LogP contribution is -2.22. The number of rotatable bonds is 2. The summed E-state index contributed by atoms with van der Waals surface area (Å²) < 4.78 is 15.8. The topological polar surface area (TPSA) is 49.7 Å². The average molecular weight is 327 g/mol. The number of nitrogens with zero attached hydrogens (tertiary/aromatic N) is 2. The Balaban J connectivity index is 2.33. The predicted molar refractivity (Wildman–Crippen MR) is 86.9 cm³/mol. The first-order valence-corrected chi connectivity index (χ1v) is 8.20. The molecule has 6 heteroatoms. The maximum atomic E-state index is 12.0. The maximum Gasteiger partial charge on any atom is 0.220 e. The molecule has 0 radical (unpaired) electrons. The smallest absolute Gasteiger partial charge is 0.220 e. The normalized spacial score (nSPS) is 16.3. The molecule has 1 aromatic carbocycles. The molecule has 114 valence electrons. The summed E-state index contributed by atoms with van der Waals surface area (Å²) in [5.74, 6) is 0.0310. The lowest BCUT2D eigenvalue weighted by atomic mass is 10.0. The number of carbonyl (C=O) groups is 1. The molecular weight excluding hydrogens is 308 g/mol. The fraction of sp³-hybridized carbons (Fsp3) is 0.467.